The van der Waals surface area contributed by atoms with Gasteiger partial charge in [0.05, 0.1) is 0 Å². The number of benzene rings is 2. The van der Waals surface area contributed by atoms with Crippen molar-refractivity contribution in [3.05, 3.63) is 76.4 Å². The topological polar surface area (TPSA) is 34.1 Å². The minimum Gasteiger partial charge on any atom is -0.295 e. The fourth-order valence-corrected chi connectivity index (χ4v) is 2.89. The van der Waals surface area contributed by atoms with Gasteiger partial charge in [0.2, 0.25) is 0 Å². The van der Waals surface area contributed by atoms with Crippen LogP contribution in [0.25, 0.3) is 5.57 Å². The van der Waals surface area contributed by atoms with Gasteiger partial charge in [-0.05, 0) is 68.4 Å². The fourth-order valence-electron chi connectivity index (χ4n) is 2.89. The summed E-state index contributed by atoms with van der Waals surface area (Å²) in [7, 11) is 0. The summed E-state index contributed by atoms with van der Waals surface area (Å²) in [6.45, 7) is 19.4. The predicted octanol–water partition coefficient (Wildman–Crippen LogP) is 8.92. The first-order chi connectivity index (χ1) is 15.3. The monoisotopic (exact) mass is 438 g/mol. The Kier molecular flexibility index (Phi) is 19.0. The third-order valence-electron chi connectivity index (χ3n) is 4.92. The molecule has 0 N–H and O–H groups in total. The van der Waals surface area contributed by atoms with Gasteiger partial charge in [-0.15, -0.1) is 0 Å². The van der Waals surface area contributed by atoms with Crippen LogP contribution in [-0.2, 0) is 17.6 Å². The average molecular weight is 439 g/mol. The molecule has 0 atom stereocenters. The van der Waals surface area contributed by atoms with E-state index in [1.54, 1.807) is 13.8 Å². The highest BCUT2D eigenvalue weighted by Gasteiger charge is 2.04. The molecule has 0 unspecified atom stereocenters. The summed E-state index contributed by atoms with van der Waals surface area (Å²) in [5, 5.41) is 0. The minimum atomic E-state index is 0.137. The standard InChI is InChI=1S/C15H20O.C11H14O.2C2H6/c1-5-6-14-7-9-15(10-8-14)12(3)11(2)13(4)16;1-3-4-10-5-7-11(8-6-10)9(2)12;2*1-2/h7-10H,5-6H2,1-4H3;5-8H,3-4H2,1-2H3;2*1-2H3/b12-11+;;;. The molecule has 0 saturated heterocycles. The zero-order valence-corrected chi connectivity index (χ0v) is 22.3. The van der Waals surface area contributed by atoms with Crippen molar-refractivity contribution >= 4 is 17.1 Å². The Labute approximate surface area is 198 Å². The molecule has 0 amide bonds. The zero-order chi connectivity index (χ0) is 25.1. The van der Waals surface area contributed by atoms with Crippen LogP contribution >= 0.6 is 0 Å². The van der Waals surface area contributed by atoms with Crippen LogP contribution in [0.4, 0.5) is 0 Å². The highest BCUT2D eigenvalue weighted by molar-refractivity contribution is 6.00. The van der Waals surface area contributed by atoms with E-state index < -0.39 is 0 Å². The molecule has 2 heteroatoms. The number of hydrogen-bond acceptors (Lipinski definition) is 2. The summed E-state index contributed by atoms with van der Waals surface area (Å²) in [5.41, 5.74) is 6.54. The van der Waals surface area contributed by atoms with Crippen LogP contribution in [0, 0.1) is 0 Å². The van der Waals surface area contributed by atoms with E-state index in [1.807, 2.05) is 65.8 Å². The highest BCUT2D eigenvalue weighted by Crippen LogP contribution is 2.19. The number of aryl methyl sites for hydroxylation is 2. The molecule has 0 aliphatic rings. The molecule has 0 spiro atoms. The van der Waals surface area contributed by atoms with Crippen LogP contribution in [0.5, 0.6) is 0 Å². The molecule has 0 bridgehead atoms. The molecule has 2 rings (SSSR count). The second kappa shape index (κ2) is 19.2. The minimum absolute atomic E-state index is 0.137. The average Bonchev–Trinajstić information content (AvgIpc) is 2.82. The van der Waals surface area contributed by atoms with Crippen molar-refractivity contribution in [2.45, 2.75) is 94.9 Å². The number of Topliss-reactive ketones (excluding diaryl/α,β-unsaturated/α-hetero) is 2. The Morgan fingerprint density at radius 1 is 0.594 bits per heavy atom. The number of carbonyl (C=O) groups is 2. The van der Waals surface area contributed by atoms with E-state index in [1.165, 1.54) is 17.5 Å². The molecule has 178 valence electrons. The van der Waals surface area contributed by atoms with Crippen molar-refractivity contribution < 1.29 is 9.59 Å². The van der Waals surface area contributed by atoms with Crippen molar-refractivity contribution in [2.75, 3.05) is 0 Å². The van der Waals surface area contributed by atoms with Crippen molar-refractivity contribution in [1.82, 2.24) is 0 Å². The van der Waals surface area contributed by atoms with Crippen LogP contribution in [0.1, 0.15) is 109 Å². The van der Waals surface area contributed by atoms with Crippen LogP contribution in [0.15, 0.2) is 54.1 Å². The summed E-state index contributed by atoms with van der Waals surface area (Å²) >= 11 is 0. The van der Waals surface area contributed by atoms with Crippen LogP contribution in [0.2, 0.25) is 0 Å². The van der Waals surface area contributed by atoms with Gasteiger partial charge in [-0.1, -0.05) is 103 Å². The second-order valence-electron chi connectivity index (χ2n) is 7.26. The van der Waals surface area contributed by atoms with Gasteiger partial charge in [0.25, 0.3) is 0 Å². The number of rotatable bonds is 7. The molecule has 32 heavy (non-hydrogen) atoms. The molecule has 0 aromatic heterocycles. The van der Waals surface area contributed by atoms with Crippen LogP contribution in [0.3, 0.4) is 0 Å². The maximum atomic E-state index is 11.3. The molecule has 0 fully saturated rings. The van der Waals surface area contributed by atoms with E-state index >= 15 is 0 Å². The van der Waals surface area contributed by atoms with Gasteiger partial charge in [-0.25, -0.2) is 0 Å². The number of ketones is 2. The Morgan fingerprint density at radius 2 is 0.938 bits per heavy atom. The molecule has 0 radical (unpaired) electrons. The Bertz CT molecular complexity index is 794. The lowest BCUT2D eigenvalue weighted by atomic mass is 9.98. The zero-order valence-electron chi connectivity index (χ0n) is 22.3. The van der Waals surface area contributed by atoms with Crippen molar-refractivity contribution in [2.24, 2.45) is 0 Å². The van der Waals surface area contributed by atoms with E-state index in [9.17, 15) is 9.59 Å². The number of carbonyl (C=O) groups excluding carboxylic acids is 2. The van der Waals surface area contributed by atoms with Gasteiger partial charge in [-0.3, -0.25) is 9.59 Å². The molecule has 2 nitrogen and oxygen atoms in total. The fraction of sp³-hybridized carbons (Fsp3) is 0.467. The first-order valence-electron chi connectivity index (χ1n) is 12.2. The summed E-state index contributed by atoms with van der Waals surface area (Å²) < 4.78 is 0. The van der Waals surface area contributed by atoms with Crippen molar-refractivity contribution in [3.8, 4) is 0 Å². The lowest BCUT2D eigenvalue weighted by Crippen LogP contribution is -1.95. The third-order valence-corrected chi connectivity index (χ3v) is 4.92. The van der Waals surface area contributed by atoms with Gasteiger partial charge in [-0.2, -0.15) is 0 Å². The Balaban J connectivity index is 0. The van der Waals surface area contributed by atoms with Gasteiger partial charge in [0.1, 0.15) is 0 Å². The molecule has 0 saturated carbocycles. The predicted molar refractivity (Wildman–Crippen MR) is 143 cm³/mol. The SMILES string of the molecule is CC.CC.CCCc1ccc(/C(C)=C(\C)C(C)=O)cc1.CCCc1ccc(C(C)=O)cc1. The van der Waals surface area contributed by atoms with Crippen molar-refractivity contribution in [3.63, 3.8) is 0 Å². The summed E-state index contributed by atoms with van der Waals surface area (Å²) in [6, 6.07) is 16.4. The lowest BCUT2D eigenvalue weighted by Gasteiger charge is -2.06. The maximum absolute atomic E-state index is 11.3. The van der Waals surface area contributed by atoms with E-state index in [0.717, 1.165) is 41.5 Å². The van der Waals surface area contributed by atoms with Gasteiger partial charge in [0, 0.05) is 5.56 Å². The maximum Gasteiger partial charge on any atom is 0.159 e. The van der Waals surface area contributed by atoms with E-state index in [4.69, 9.17) is 0 Å². The molecule has 2 aromatic rings. The van der Waals surface area contributed by atoms with E-state index in [-0.39, 0.29) is 11.6 Å². The second-order valence-corrected chi connectivity index (χ2v) is 7.26. The quantitative estimate of drug-likeness (QED) is 0.319. The largest absolute Gasteiger partial charge is 0.295 e. The van der Waals surface area contributed by atoms with Crippen molar-refractivity contribution in [1.29, 1.82) is 0 Å². The molecule has 2 aromatic carbocycles. The highest BCUT2D eigenvalue weighted by atomic mass is 16.1. The Morgan fingerprint density at radius 3 is 1.22 bits per heavy atom. The lowest BCUT2D eigenvalue weighted by molar-refractivity contribution is -0.113. The smallest absolute Gasteiger partial charge is 0.159 e. The normalized spacial score (nSPS) is 10.2. The molecular weight excluding hydrogens is 392 g/mol. The van der Waals surface area contributed by atoms with Gasteiger partial charge in [0.15, 0.2) is 11.6 Å². The van der Waals surface area contributed by atoms with Crippen LogP contribution in [-0.4, -0.2) is 11.6 Å². The molecule has 0 aliphatic carbocycles. The first-order valence-corrected chi connectivity index (χ1v) is 12.2. The number of hydrogen-bond donors (Lipinski definition) is 0. The molecule has 0 aliphatic heterocycles. The first kappa shape index (κ1) is 31.7. The van der Waals surface area contributed by atoms with Gasteiger partial charge >= 0.3 is 0 Å². The summed E-state index contributed by atoms with van der Waals surface area (Å²) in [4.78, 5) is 22.2. The van der Waals surface area contributed by atoms with Gasteiger partial charge < -0.3 is 0 Å². The van der Waals surface area contributed by atoms with E-state index in [0.29, 0.717) is 0 Å². The third kappa shape index (κ3) is 12.4. The Hall–Kier alpha value is -2.48. The van der Waals surface area contributed by atoms with Crippen LogP contribution < -0.4 is 0 Å². The molecule has 0 heterocycles. The summed E-state index contributed by atoms with van der Waals surface area (Å²) in [6.07, 6.45) is 4.53. The van der Waals surface area contributed by atoms with E-state index in [2.05, 4.69) is 38.1 Å². The number of allylic oxidation sites excluding steroid dienone is 2. The molecular formula is C30H46O2. The summed E-state index contributed by atoms with van der Waals surface area (Å²) in [5.74, 6) is 0.285.